The van der Waals surface area contributed by atoms with Crippen LogP contribution < -0.4 is 5.32 Å². The third kappa shape index (κ3) is 4.75. The molecule has 2 heteroatoms. The highest BCUT2D eigenvalue weighted by Crippen LogP contribution is 2.09. The van der Waals surface area contributed by atoms with Gasteiger partial charge in [0, 0.05) is 18.3 Å². The summed E-state index contributed by atoms with van der Waals surface area (Å²) in [5, 5.41) is 3.53. The van der Waals surface area contributed by atoms with Crippen molar-refractivity contribution in [3.63, 3.8) is 0 Å². The maximum absolute atomic E-state index is 4.48. The van der Waals surface area contributed by atoms with E-state index >= 15 is 0 Å². The van der Waals surface area contributed by atoms with Crippen molar-refractivity contribution >= 4 is 0 Å². The average molecular weight is 220 g/mol. The monoisotopic (exact) mass is 220 g/mol. The maximum Gasteiger partial charge on any atom is 0.0544 e. The second-order valence-corrected chi connectivity index (χ2v) is 4.80. The molecule has 0 aromatic carbocycles. The van der Waals surface area contributed by atoms with Crippen molar-refractivity contribution in [2.24, 2.45) is 5.92 Å². The molecule has 2 atom stereocenters. The summed E-state index contributed by atoms with van der Waals surface area (Å²) in [7, 11) is 0. The van der Waals surface area contributed by atoms with E-state index in [9.17, 15) is 0 Å². The van der Waals surface area contributed by atoms with Gasteiger partial charge in [0.1, 0.15) is 0 Å². The molecule has 0 spiro atoms. The lowest BCUT2D eigenvalue weighted by molar-refractivity contribution is 0.410. The zero-order chi connectivity index (χ0) is 12.0. The van der Waals surface area contributed by atoms with Gasteiger partial charge >= 0.3 is 0 Å². The number of pyridine rings is 1. The van der Waals surface area contributed by atoms with Gasteiger partial charge in [-0.3, -0.25) is 4.98 Å². The first-order valence-corrected chi connectivity index (χ1v) is 6.27. The first-order valence-electron chi connectivity index (χ1n) is 6.27. The summed E-state index contributed by atoms with van der Waals surface area (Å²) >= 11 is 0. The number of aryl methyl sites for hydroxylation is 1. The molecule has 0 saturated carbocycles. The van der Waals surface area contributed by atoms with Crippen LogP contribution in [0.3, 0.4) is 0 Å². The topological polar surface area (TPSA) is 24.9 Å². The molecule has 0 saturated heterocycles. The Morgan fingerprint density at radius 3 is 2.69 bits per heavy atom. The number of nitrogens with one attached hydrogen (secondary N) is 1. The third-order valence-electron chi connectivity index (χ3n) is 3.03. The van der Waals surface area contributed by atoms with Crippen LogP contribution in [0, 0.1) is 12.8 Å². The van der Waals surface area contributed by atoms with E-state index in [2.05, 4.69) is 43.2 Å². The molecule has 0 aliphatic rings. The molecule has 0 aliphatic carbocycles. The summed E-state index contributed by atoms with van der Waals surface area (Å²) in [4.78, 5) is 4.48. The highest BCUT2D eigenvalue weighted by atomic mass is 14.9. The molecule has 0 radical (unpaired) electrons. The molecule has 0 aliphatic heterocycles. The molecule has 0 bridgehead atoms. The number of rotatable bonds is 6. The van der Waals surface area contributed by atoms with E-state index in [1.54, 1.807) is 0 Å². The van der Waals surface area contributed by atoms with E-state index in [1.807, 2.05) is 13.0 Å². The lowest BCUT2D eigenvalue weighted by atomic mass is 10.0. The van der Waals surface area contributed by atoms with Gasteiger partial charge < -0.3 is 5.32 Å². The molecule has 1 heterocycles. The van der Waals surface area contributed by atoms with Crippen molar-refractivity contribution in [1.82, 2.24) is 10.3 Å². The fourth-order valence-corrected chi connectivity index (χ4v) is 1.83. The first kappa shape index (κ1) is 13.2. The van der Waals surface area contributed by atoms with Gasteiger partial charge in [-0.05, 0) is 38.3 Å². The van der Waals surface area contributed by atoms with E-state index in [4.69, 9.17) is 0 Å². The van der Waals surface area contributed by atoms with Gasteiger partial charge in [0.2, 0.25) is 0 Å². The molecule has 2 unspecified atom stereocenters. The minimum Gasteiger partial charge on any atom is -0.309 e. The minimum absolute atomic E-state index is 0.567. The summed E-state index contributed by atoms with van der Waals surface area (Å²) in [5.74, 6) is 0.799. The Kier molecular flexibility index (Phi) is 5.47. The van der Waals surface area contributed by atoms with Gasteiger partial charge in [-0.15, -0.1) is 0 Å². The molecule has 16 heavy (non-hydrogen) atoms. The quantitative estimate of drug-likeness (QED) is 0.795. The lowest BCUT2D eigenvalue weighted by Gasteiger charge is -2.17. The third-order valence-corrected chi connectivity index (χ3v) is 3.03. The molecular weight excluding hydrogens is 196 g/mol. The summed E-state index contributed by atoms with van der Waals surface area (Å²) in [6, 6.07) is 6.75. The SMILES string of the molecule is CCC(C)CC(C)NCc1cccc(C)n1. The fraction of sp³-hybridized carbons (Fsp3) is 0.643. The number of nitrogens with zero attached hydrogens (tertiary/aromatic N) is 1. The first-order chi connectivity index (χ1) is 7.61. The van der Waals surface area contributed by atoms with Crippen LogP contribution in [0.4, 0.5) is 0 Å². The highest BCUT2D eigenvalue weighted by Gasteiger charge is 2.06. The summed E-state index contributed by atoms with van der Waals surface area (Å²) in [5.41, 5.74) is 2.23. The Hall–Kier alpha value is -0.890. The van der Waals surface area contributed by atoms with Crippen LogP contribution >= 0.6 is 0 Å². The Bertz CT molecular complexity index is 309. The normalized spacial score (nSPS) is 14.8. The maximum atomic E-state index is 4.48. The molecule has 1 N–H and O–H groups in total. The Labute approximate surface area is 99.5 Å². The molecule has 1 rings (SSSR count). The van der Waals surface area contributed by atoms with Crippen molar-refractivity contribution in [2.45, 2.75) is 53.1 Å². The molecule has 0 amide bonds. The summed E-state index contributed by atoms with van der Waals surface area (Å²) in [6.07, 6.45) is 2.50. The lowest BCUT2D eigenvalue weighted by Crippen LogP contribution is -2.27. The van der Waals surface area contributed by atoms with Gasteiger partial charge in [-0.25, -0.2) is 0 Å². The molecular formula is C14H24N2. The predicted octanol–water partition coefficient (Wildman–Crippen LogP) is 3.30. The molecule has 0 fully saturated rings. The molecule has 90 valence electrons. The van der Waals surface area contributed by atoms with Crippen LogP contribution in [0.5, 0.6) is 0 Å². The van der Waals surface area contributed by atoms with Crippen LogP contribution in [0.2, 0.25) is 0 Å². The Balaban J connectivity index is 2.34. The number of hydrogen-bond donors (Lipinski definition) is 1. The standard InChI is InChI=1S/C14H24N2/c1-5-11(2)9-13(4)15-10-14-8-6-7-12(3)16-14/h6-8,11,13,15H,5,9-10H2,1-4H3. The van der Waals surface area contributed by atoms with E-state index in [-0.39, 0.29) is 0 Å². The summed E-state index contributed by atoms with van der Waals surface area (Å²) in [6.45, 7) is 9.72. The largest absolute Gasteiger partial charge is 0.309 e. The van der Waals surface area contributed by atoms with Gasteiger partial charge in [0.15, 0.2) is 0 Å². The highest BCUT2D eigenvalue weighted by molar-refractivity contribution is 5.09. The van der Waals surface area contributed by atoms with Crippen LogP contribution in [0.15, 0.2) is 18.2 Å². The predicted molar refractivity (Wildman–Crippen MR) is 69.3 cm³/mol. The van der Waals surface area contributed by atoms with Crippen molar-refractivity contribution in [3.8, 4) is 0 Å². The zero-order valence-electron chi connectivity index (χ0n) is 11.0. The van der Waals surface area contributed by atoms with Crippen molar-refractivity contribution in [1.29, 1.82) is 0 Å². The molecule has 1 aromatic heterocycles. The number of aromatic nitrogens is 1. The van der Waals surface area contributed by atoms with Gasteiger partial charge in [-0.2, -0.15) is 0 Å². The van der Waals surface area contributed by atoms with Crippen LogP contribution in [-0.2, 0) is 6.54 Å². The fourth-order valence-electron chi connectivity index (χ4n) is 1.83. The van der Waals surface area contributed by atoms with Gasteiger partial charge in [0.25, 0.3) is 0 Å². The van der Waals surface area contributed by atoms with Gasteiger partial charge in [-0.1, -0.05) is 26.3 Å². The Morgan fingerprint density at radius 2 is 2.06 bits per heavy atom. The van der Waals surface area contributed by atoms with Crippen molar-refractivity contribution in [2.75, 3.05) is 0 Å². The number of hydrogen-bond acceptors (Lipinski definition) is 2. The second-order valence-electron chi connectivity index (χ2n) is 4.80. The van der Waals surface area contributed by atoms with Gasteiger partial charge in [0.05, 0.1) is 5.69 Å². The van der Waals surface area contributed by atoms with Crippen LogP contribution in [0.1, 0.15) is 45.0 Å². The van der Waals surface area contributed by atoms with Crippen LogP contribution in [0.25, 0.3) is 0 Å². The van der Waals surface area contributed by atoms with E-state index in [1.165, 1.54) is 12.8 Å². The van der Waals surface area contributed by atoms with E-state index < -0.39 is 0 Å². The van der Waals surface area contributed by atoms with Crippen molar-refractivity contribution in [3.05, 3.63) is 29.6 Å². The van der Waals surface area contributed by atoms with E-state index in [0.717, 1.165) is 23.9 Å². The van der Waals surface area contributed by atoms with Crippen LogP contribution in [-0.4, -0.2) is 11.0 Å². The second kappa shape index (κ2) is 6.64. The molecule has 1 aromatic rings. The summed E-state index contributed by atoms with van der Waals surface area (Å²) < 4.78 is 0. The molecule has 2 nitrogen and oxygen atoms in total. The smallest absolute Gasteiger partial charge is 0.0544 e. The Morgan fingerprint density at radius 1 is 1.31 bits per heavy atom. The minimum atomic E-state index is 0.567. The van der Waals surface area contributed by atoms with E-state index in [0.29, 0.717) is 6.04 Å². The zero-order valence-corrected chi connectivity index (χ0v) is 11.0. The average Bonchev–Trinajstić information content (AvgIpc) is 2.26. The van der Waals surface area contributed by atoms with Crippen molar-refractivity contribution < 1.29 is 0 Å².